The van der Waals surface area contributed by atoms with Gasteiger partial charge in [-0.25, -0.2) is 4.79 Å². The van der Waals surface area contributed by atoms with Gasteiger partial charge in [0.1, 0.15) is 5.75 Å². The van der Waals surface area contributed by atoms with Crippen LogP contribution in [-0.4, -0.2) is 29.6 Å². The van der Waals surface area contributed by atoms with E-state index in [9.17, 15) is 9.59 Å². The Morgan fingerprint density at radius 2 is 1.95 bits per heavy atom. The Labute approximate surface area is 138 Å². The Morgan fingerprint density at radius 1 is 1.33 bits per heavy atom. The summed E-state index contributed by atoms with van der Waals surface area (Å²) in [6.07, 6.45) is 4.59. The van der Waals surface area contributed by atoms with Gasteiger partial charge in [-0.2, -0.15) is 0 Å². The fourth-order valence-electron chi connectivity index (χ4n) is 1.62. The molecule has 1 aromatic carbocycles. The predicted molar refractivity (Wildman–Crippen MR) is 85.2 cm³/mol. The van der Waals surface area contributed by atoms with Gasteiger partial charge in [-0.15, -0.1) is 0 Å². The first kappa shape index (κ1) is 16.0. The molecule has 7 heteroatoms. The molecule has 2 rings (SSSR count). The van der Waals surface area contributed by atoms with Gasteiger partial charge in [0.25, 0.3) is 5.91 Å². The minimum Gasteiger partial charge on any atom is -0.481 e. The number of carbonyl (C=O) groups is 2. The van der Waals surface area contributed by atoms with Crippen LogP contribution in [0.1, 0.15) is 18.4 Å². The van der Waals surface area contributed by atoms with Gasteiger partial charge in [0, 0.05) is 12.1 Å². The second kappa shape index (κ2) is 7.09. The van der Waals surface area contributed by atoms with E-state index in [1.165, 1.54) is 6.08 Å². The molecule has 0 bridgehead atoms. The maximum Gasteiger partial charge on any atom is 0.328 e. The van der Waals surface area contributed by atoms with E-state index in [0.717, 1.165) is 18.9 Å². The Balaban J connectivity index is 2.02. The summed E-state index contributed by atoms with van der Waals surface area (Å²) < 4.78 is 6.77. The lowest BCUT2D eigenvalue weighted by atomic mass is 10.2. The highest BCUT2D eigenvalue weighted by atomic mass is 79.9. The van der Waals surface area contributed by atoms with Crippen LogP contribution in [0.3, 0.4) is 0 Å². The molecule has 5 nitrogen and oxygen atoms in total. The Morgan fingerprint density at radius 3 is 2.48 bits per heavy atom. The van der Waals surface area contributed by atoms with E-state index in [1.54, 1.807) is 12.1 Å². The molecule has 0 aromatic heterocycles. The van der Waals surface area contributed by atoms with Gasteiger partial charge in [0.15, 0.2) is 6.61 Å². The fourth-order valence-corrected chi connectivity index (χ4v) is 3.07. The number of amides is 1. The van der Waals surface area contributed by atoms with Crippen molar-refractivity contribution in [2.24, 2.45) is 0 Å². The van der Waals surface area contributed by atoms with Crippen LogP contribution in [0.15, 0.2) is 27.2 Å². The summed E-state index contributed by atoms with van der Waals surface area (Å²) in [5.41, 5.74) is 0.700. The van der Waals surface area contributed by atoms with Gasteiger partial charge in [0.2, 0.25) is 0 Å². The second-order valence-corrected chi connectivity index (χ2v) is 6.32. The van der Waals surface area contributed by atoms with E-state index in [2.05, 4.69) is 37.2 Å². The first-order valence-corrected chi connectivity index (χ1v) is 7.86. The van der Waals surface area contributed by atoms with Crippen LogP contribution in [0.5, 0.6) is 5.75 Å². The topological polar surface area (TPSA) is 75.6 Å². The molecule has 1 amide bonds. The van der Waals surface area contributed by atoms with Gasteiger partial charge < -0.3 is 15.2 Å². The lowest BCUT2D eigenvalue weighted by Gasteiger charge is -2.11. The van der Waals surface area contributed by atoms with Crippen molar-refractivity contribution in [3.8, 4) is 5.75 Å². The number of carboxylic acid groups (broad SMARTS) is 1. The molecular weight excluding hydrogens is 406 g/mol. The van der Waals surface area contributed by atoms with Gasteiger partial charge in [-0.3, -0.25) is 4.79 Å². The fraction of sp³-hybridized carbons (Fsp3) is 0.286. The largest absolute Gasteiger partial charge is 0.481 e. The molecule has 21 heavy (non-hydrogen) atoms. The molecule has 1 fully saturated rings. The summed E-state index contributed by atoms with van der Waals surface area (Å²) in [5, 5.41) is 11.4. The van der Waals surface area contributed by atoms with Crippen LogP contribution in [0, 0.1) is 0 Å². The number of rotatable bonds is 6. The monoisotopic (exact) mass is 417 g/mol. The van der Waals surface area contributed by atoms with Gasteiger partial charge in [-0.05, 0) is 68.5 Å². The maximum atomic E-state index is 11.6. The minimum atomic E-state index is -1.01. The summed E-state index contributed by atoms with van der Waals surface area (Å²) in [6, 6.07) is 3.74. The van der Waals surface area contributed by atoms with Crippen molar-refractivity contribution in [3.63, 3.8) is 0 Å². The lowest BCUT2D eigenvalue weighted by Crippen LogP contribution is -2.30. The third kappa shape index (κ3) is 5.17. The Kier molecular flexibility index (Phi) is 5.41. The maximum absolute atomic E-state index is 11.6. The Bertz CT molecular complexity index is 574. The number of hydrogen-bond donors (Lipinski definition) is 2. The number of carbonyl (C=O) groups excluding carboxylic acids is 1. The molecular formula is C14H13Br2NO4. The Hall–Kier alpha value is -1.34. The normalized spacial score (nSPS) is 14.2. The highest BCUT2D eigenvalue weighted by Gasteiger charge is 2.23. The van der Waals surface area contributed by atoms with Crippen molar-refractivity contribution in [1.82, 2.24) is 5.32 Å². The van der Waals surface area contributed by atoms with Crippen molar-refractivity contribution in [2.75, 3.05) is 6.61 Å². The van der Waals surface area contributed by atoms with Crippen molar-refractivity contribution in [3.05, 3.63) is 32.7 Å². The third-order valence-electron chi connectivity index (χ3n) is 2.73. The molecule has 1 aromatic rings. The van der Waals surface area contributed by atoms with Crippen LogP contribution < -0.4 is 10.1 Å². The molecule has 2 N–H and O–H groups in total. The number of carboxylic acids is 1. The summed E-state index contributed by atoms with van der Waals surface area (Å²) in [5.74, 6) is -0.654. The van der Waals surface area contributed by atoms with Crippen LogP contribution in [0.2, 0.25) is 0 Å². The van der Waals surface area contributed by atoms with Gasteiger partial charge in [-0.1, -0.05) is 0 Å². The molecule has 0 saturated heterocycles. The molecule has 1 aliphatic carbocycles. The number of nitrogens with one attached hydrogen (secondary N) is 1. The summed E-state index contributed by atoms with van der Waals surface area (Å²) >= 11 is 6.70. The summed E-state index contributed by atoms with van der Waals surface area (Å²) in [4.78, 5) is 22.1. The zero-order valence-electron chi connectivity index (χ0n) is 10.9. The molecule has 1 aliphatic rings. The smallest absolute Gasteiger partial charge is 0.328 e. The third-order valence-corrected chi connectivity index (χ3v) is 3.91. The van der Waals surface area contributed by atoms with Gasteiger partial charge >= 0.3 is 5.97 Å². The molecule has 0 atom stereocenters. The van der Waals surface area contributed by atoms with E-state index < -0.39 is 5.97 Å². The SMILES string of the molecule is O=C(O)/C=C/c1cc(Br)c(OCC(=O)NC2CC2)c(Br)c1. The van der Waals surface area contributed by atoms with Crippen molar-refractivity contribution < 1.29 is 19.4 Å². The standard InChI is InChI=1S/C14H13Br2NO4/c15-10-5-8(1-4-13(19)20)6-11(16)14(10)21-7-12(18)17-9-2-3-9/h1,4-6,9H,2-3,7H2,(H,17,18)(H,19,20)/b4-1+. The molecule has 0 radical (unpaired) electrons. The number of halogens is 2. The summed E-state index contributed by atoms with van der Waals surface area (Å²) in [7, 11) is 0. The van der Waals surface area contributed by atoms with E-state index in [-0.39, 0.29) is 12.5 Å². The predicted octanol–water partition coefficient (Wildman–Crippen LogP) is 2.97. The number of aliphatic carboxylic acids is 1. The zero-order valence-corrected chi connectivity index (χ0v) is 14.1. The van der Waals surface area contributed by atoms with E-state index in [0.29, 0.717) is 26.3 Å². The van der Waals surface area contributed by atoms with Crippen molar-refractivity contribution in [1.29, 1.82) is 0 Å². The highest BCUT2D eigenvalue weighted by molar-refractivity contribution is 9.11. The molecule has 112 valence electrons. The molecule has 0 aliphatic heterocycles. The van der Waals surface area contributed by atoms with Crippen molar-refractivity contribution in [2.45, 2.75) is 18.9 Å². The zero-order chi connectivity index (χ0) is 15.4. The quantitative estimate of drug-likeness (QED) is 0.696. The average Bonchev–Trinajstić information content (AvgIpc) is 3.19. The first-order valence-electron chi connectivity index (χ1n) is 6.28. The molecule has 0 heterocycles. The number of benzene rings is 1. The number of ether oxygens (including phenoxy) is 1. The van der Waals surface area contributed by atoms with Crippen molar-refractivity contribution >= 4 is 49.8 Å². The van der Waals surface area contributed by atoms with E-state index in [4.69, 9.17) is 9.84 Å². The summed E-state index contributed by atoms with van der Waals surface area (Å²) in [6.45, 7) is -0.0575. The van der Waals surface area contributed by atoms with Gasteiger partial charge in [0.05, 0.1) is 8.95 Å². The highest BCUT2D eigenvalue weighted by Crippen LogP contribution is 2.35. The first-order chi connectivity index (χ1) is 9.95. The molecule has 1 saturated carbocycles. The molecule has 0 spiro atoms. The van der Waals surface area contributed by atoms with Crippen LogP contribution in [0.25, 0.3) is 6.08 Å². The lowest BCUT2D eigenvalue weighted by molar-refractivity contribution is -0.131. The second-order valence-electron chi connectivity index (χ2n) is 4.62. The minimum absolute atomic E-state index is 0.0575. The van der Waals surface area contributed by atoms with Crippen LogP contribution in [-0.2, 0) is 9.59 Å². The van der Waals surface area contributed by atoms with Crippen LogP contribution >= 0.6 is 31.9 Å². The van der Waals surface area contributed by atoms with Crippen LogP contribution in [0.4, 0.5) is 0 Å². The average molecular weight is 419 g/mol. The molecule has 0 unspecified atom stereocenters. The van der Waals surface area contributed by atoms with E-state index in [1.807, 2.05) is 0 Å². The number of hydrogen-bond acceptors (Lipinski definition) is 3. The van der Waals surface area contributed by atoms with E-state index >= 15 is 0 Å².